The Kier molecular flexibility index (Phi) is 7.60. The van der Waals surface area contributed by atoms with Gasteiger partial charge in [0.05, 0.1) is 11.5 Å². The van der Waals surface area contributed by atoms with Gasteiger partial charge in [-0.1, -0.05) is 50.1 Å². The summed E-state index contributed by atoms with van der Waals surface area (Å²) in [7, 11) is 0. The third-order valence-corrected chi connectivity index (χ3v) is 5.50. The summed E-state index contributed by atoms with van der Waals surface area (Å²) in [5, 5.41) is 11.1. The number of aromatic nitrogens is 1. The van der Waals surface area contributed by atoms with Gasteiger partial charge in [0.1, 0.15) is 0 Å². The molecule has 0 N–H and O–H groups in total. The van der Waals surface area contributed by atoms with Crippen molar-refractivity contribution in [1.29, 1.82) is 0 Å². The number of rotatable bonds is 10. The number of amides is 1. The van der Waals surface area contributed by atoms with E-state index >= 15 is 0 Å². The van der Waals surface area contributed by atoms with Gasteiger partial charge in [0, 0.05) is 42.7 Å². The maximum Gasteiger partial charge on any atom is 0.270 e. The Hall–Kier alpha value is -3.41. The number of aryl methyl sites for hydroxylation is 1. The zero-order valence-electron chi connectivity index (χ0n) is 18.2. The average molecular weight is 420 g/mol. The van der Waals surface area contributed by atoms with E-state index in [1.807, 2.05) is 30.5 Å². The van der Waals surface area contributed by atoms with Crippen LogP contribution in [0.3, 0.4) is 0 Å². The summed E-state index contributed by atoms with van der Waals surface area (Å²) >= 11 is 0. The Morgan fingerprint density at radius 1 is 1.06 bits per heavy atom. The van der Waals surface area contributed by atoms with Crippen LogP contribution in [0.2, 0.25) is 0 Å². The molecule has 0 aliphatic carbocycles. The van der Waals surface area contributed by atoms with E-state index in [0.717, 1.165) is 31.5 Å². The molecule has 1 amide bonds. The van der Waals surface area contributed by atoms with Gasteiger partial charge in [0.25, 0.3) is 11.6 Å². The summed E-state index contributed by atoms with van der Waals surface area (Å²) in [6, 6.07) is 18.3. The highest BCUT2D eigenvalue weighted by Crippen LogP contribution is 2.18. The molecule has 31 heavy (non-hydrogen) atoms. The maximum absolute atomic E-state index is 13.3. The van der Waals surface area contributed by atoms with E-state index in [4.69, 9.17) is 0 Å². The van der Waals surface area contributed by atoms with Crippen molar-refractivity contribution >= 4 is 11.6 Å². The predicted molar refractivity (Wildman–Crippen MR) is 122 cm³/mol. The Labute approximate surface area is 183 Å². The molecule has 0 saturated carbocycles. The molecule has 0 unspecified atom stereocenters. The SMILES string of the molecule is CCCCCN(Cc1cccn1Cc1ccccc1C)C(=O)c1cccc([N+](=O)[O-])c1. The summed E-state index contributed by atoms with van der Waals surface area (Å²) in [4.78, 5) is 25.7. The highest BCUT2D eigenvalue weighted by Gasteiger charge is 2.19. The lowest BCUT2D eigenvalue weighted by Crippen LogP contribution is -2.32. The lowest BCUT2D eigenvalue weighted by atomic mass is 10.1. The fourth-order valence-electron chi connectivity index (χ4n) is 3.65. The summed E-state index contributed by atoms with van der Waals surface area (Å²) < 4.78 is 2.16. The first-order valence-electron chi connectivity index (χ1n) is 10.7. The average Bonchev–Trinajstić information content (AvgIpc) is 3.21. The summed E-state index contributed by atoms with van der Waals surface area (Å²) in [6.45, 7) is 6.04. The number of hydrogen-bond donors (Lipinski definition) is 0. The van der Waals surface area contributed by atoms with E-state index in [2.05, 4.69) is 30.5 Å². The standard InChI is InChI=1S/C25H29N3O3/c1-3-4-7-15-27(25(29)21-12-8-13-23(17-21)28(30)31)19-24-14-9-16-26(24)18-22-11-6-5-10-20(22)2/h5-6,8-14,16-17H,3-4,7,15,18-19H2,1-2H3. The molecule has 0 saturated heterocycles. The first kappa shape index (κ1) is 22.3. The van der Waals surface area contributed by atoms with Crippen LogP contribution in [-0.2, 0) is 13.1 Å². The van der Waals surface area contributed by atoms with Crippen LogP contribution in [-0.4, -0.2) is 26.8 Å². The Morgan fingerprint density at radius 2 is 1.87 bits per heavy atom. The molecule has 0 fully saturated rings. The number of carbonyl (C=O) groups is 1. The van der Waals surface area contributed by atoms with Crippen molar-refractivity contribution in [2.24, 2.45) is 0 Å². The van der Waals surface area contributed by atoms with E-state index in [1.54, 1.807) is 17.0 Å². The summed E-state index contributed by atoms with van der Waals surface area (Å²) in [5.41, 5.74) is 3.79. The zero-order valence-corrected chi connectivity index (χ0v) is 18.2. The molecule has 1 heterocycles. The van der Waals surface area contributed by atoms with E-state index in [9.17, 15) is 14.9 Å². The van der Waals surface area contributed by atoms with Gasteiger partial charge in [-0.25, -0.2) is 0 Å². The topological polar surface area (TPSA) is 68.4 Å². The van der Waals surface area contributed by atoms with Crippen molar-refractivity contribution in [1.82, 2.24) is 9.47 Å². The van der Waals surface area contributed by atoms with E-state index in [-0.39, 0.29) is 11.6 Å². The molecule has 0 aliphatic rings. The second-order valence-electron chi connectivity index (χ2n) is 7.80. The van der Waals surface area contributed by atoms with Crippen LogP contribution in [0.15, 0.2) is 66.9 Å². The monoisotopic (exact) mass is 419 g/mol. The fraction of sp³-hybridized carbons (Fsp3) is 0.320. The summed E-state index contributed by atoms with van der Waals surface area (Å²) in [5.74, 6) is -0.177. The fourth-order valence-corrected chi connectivity index (χ4v) is 3.65. The lowest BCUT2D eigenvalue weighted by Gasteiger charge is -2.24. The number of hydrogen-bond acceptors (Lipinski definition) is 3. The molecule has 0 atom stereocenters. The largest absolute Gasteiger partial charge is 0.345 e. The number of carbonyl (C=O) groups excluding carboxylic acids is 1. The van der Waals surface area contributed by atoms with Crippen molar-refractivity contribution in [2.45, 2.75) is 46.2 Å². The number of benzene rings is 2. The van der Waals surface area contributed by atoms with E-state index in [0.29, 0.717) is 18.7 Å². The van der Waals surface area contributed by atoms with E-state index < -0.39 is 4.92 Å². The van der Waals surface area contributed by atoms with Crippen LogP contribution in [0.25, 0.3) is 0 Å². The molecule has 6 nitrogen and oxygen atoms in total. The second kappa shape index (κ2) is 10.6. The molecule has 3 rings (SSSR count). The van der Waals surface area contributed by atoms with Crippen LogP contribution >= 0.6 is 0 Å². The van der Waals surface area contributed by atoms with Crippen molar-refractivity contribution in [2.75, 3.05) is 6.54 Å². The zero-order chi connectivity index (χ0) is 22.2. The molecule has 2 aromatic carbocycles. The first-order chi connectivity index (χ1) is 15.0. The molecular formula is C25H29N3O3. The molecule has 0 radical (unpaired) electrons. The minimum atomic E-state index is -0.467. The minimum absolute atomic E-state index is 0.0673. The lowest BCUT2D eigenvalue weighted by molar-refractivity contribution is -0.384. The van der Waals surface area contributed by atoms with Gasteiger partial charge >= 0.3 is 0 Å². The molecule has 0 spiro atoms. The van der Waals surface area contributed by atoms with Gasteiger partial charge in [0.15, 0.2) is 0 Å². The van der Waals surface area contributed by atoms with Gasteiger partial charge in [-0.05, 0) is 42.7 Å². The minimum Gasteiger partial charge on any atom is -0.345 e. The number of nitro groups is 1. The van der Waals surface area contributed by atoms with Gasteiger partial charge in [0.2, 0.25) is 0 Å². The summed E-state index contributed by atoms with van der Waals surface area (Å²) in [6.07, 6.45) is 5.02. The quantitative estimate of drug-likeness (QED) is 0.244. The van der Waals surface area contributed by atoms with Gasteiger partial charge in [-0.15, -0.1) is 0 Å². The highest BCUT2D eigenvalue weighted by atomic mass is 16.6. The van der Waals surface area contributed by atoms with E-state index in [1.165, 1.54) is 23.3 Å². The van der Waals surface area contributed by atoms with Crippen molar-refractivity contribution in [3.8, 4) is 0 Å². The number of unbranched alkanes of at least 4 members (excludes halogenated alkanes) is 2. The molecule has 0 aliphatic heterocycles. The van der Waals surface area contributed by atoms with Crippen LogP contribution in [0.4, 0.5) is 5.69 Å². The van der Waals surface area contributed by atoms with Crippen molar-refractivity contribution in [3.05, 3.63) is 99.4 Å². The van der Waals surface area contributed by atoms with Crippen molar-refractivity contribution in [3.63, 3.8) is 0 Å². The van der Waals surface area contributed by atoms with Crippen molar-refractivity contribution < 1.29 is 9.72 Å². The molecule has 1 aromatic heterocycles. The Bertz CT molecular complexity index is 1040. The normalized spacial score (nSPS) is 10.8. The predicted octanol–water partition coefficient (Wildman–Crippen LogP) is 5.59. The third-order valence-electron chi connectivity index (χ3n) is 5.50. The number of nitro benzene ring substituents is 1. The van der Waals surface area contributed by atoms with Crippen LogP contribution in [0.1, 0.15) is 53.4 Å². The highest BCUT2D eigenvalue weighted by molar-refractivity contribution is 5.94. The van der Waals surface area contributed by atoms with Crippen LogP contribution in [0, 0.1) is 17.0 Å². The van der Waals surface area contributed by atoms with Crippen LogP contribution in [0.5, 0.6) is 0 Å². The maximum atomic E-state index is 13.3. The Morgan fingerprint density at radius 3 is 2.61 bits per heavy atom. The third kappa shape index (κ3) is 5.81. The van der Waals surface area contributed by atoms with Gasteiger partial charge in [-0.2, -0.15) is 0 Å². The number of nitrogens with zero attached hydrogens (tertiary/aromatic N) is 3. The molecule has 162 valence electrons. The number of non-ortho nitro benzene ring substituents is 1. The van der Waals surface area contributed by atoms with Gasteiger partial charge in [-0.3, -0.25) is 14.9 Å². The molecular weight excluding hydrogens is 390 g/mol. The second-order valence-corrected chi connectivity index (χ2v) is 7.80. The molecule has 0 bridgehead atoms. The molecule has 3 aromatic rings. The smallest absolute Gasteiger partial charge is 0.270 e. The van der Waals surface area contributed by atoms with Crippen LogP contribution < -0.4 is 0 Å². The Balaban J connectivity index is 1.83. The molecule has 6 heteroatoms. The first-order valence-corrected chi connectivity index (χ1v) is 10.7. The van der Waals surface area contributed by atoms with Gasteiger partial charge < -0.3 is 9.47 Å².